The number of carbonyl (C=O) groups excluding carboxylic acids is 1. The average molecular weight is 338 g/mol. The van der Waals surface area contributed by atoms with Gasteiger partial charge in [0.1, 0.15) is 0 Å². The first-order chi connectivity index (χ1) is 12.2. The Balaban J connectivity index is 1.55. The number of rotatable bonds is 5. The lowest BCUT2D eigenvalue weighted by Gasteiger charge is -2.39. The molecule has 1 atom stereocenters. The quantitative estimate of drug-likeness (QED) is 0.910. The molecule has 1 aromatic carbocycles. The van der Waals surface area contributed by atoms with Crippen molar-refractivity contribution in [1.82, 2.24) is 14.8 Å². The molecule has 0 saturated carbocycles. The van der Waals surface area contributed by atoms with Gasteiger partial charge in [-0.15, -0.1) is 0 Å². The van der Waals surface area contributed by atoms with Crippen molar-refractivity contribution in [2.75, 3.05) is 31.9 Å². The van der Waals surface area contributed by atoms with Gasteiger partial charge in [-0.1, -0.05) is 37.3 Å². The molecule has 1 aliphatic heterocycles. The predicted octanol–water partition coefficient (Wildman–Crippen LogP) is 2.50. The lowest BCUT2D eigenvalue weighted by Crippen LogP contribution is -2.50. The third kappa shape index (κ3) is 4.37. The SMILES string of the molecule is CCC(c1ccccc1)N1CCN(C(=O)Cc2ccc(N)cn2)CC1. The molecule has 0 aliphatic carbocycles. The molecule has 1 saturated heterocycles. The molecule has 2 heterocycles. The van der Waals surface area contributed by atoms with E-state index in [0.29, 0.717) is 18.2 Å². The van der Waals surface area contributed by atoms with Gasteiger partial charge in [0.05, 0.1) is 18.3 Å². The maximum absolute atomic E-state index is 12.5. The normalized spacial score (nSPS) is 16.6. The van der Waals surface area contributed by atoms with Gasteiger partial charge in [0, 0.05) is 37.9 Å². The standard InChI is InChI=1S/C20H26N4O/c1-2-19(16-6-4-3-5-7-16)23-10-12-24(13-11-23)20(25)14-18-9-8-17(21)15-22-18/h3-9,15,19H,2,10-14,21H2,1H3. The van der Waals surface area contributed by atoms with E-state index < -0.39 is 0 Å². The summed E-state index contributed by atoms with van der Waals surface area (Å²) in [6, 6.07) is 14.7. The third-order valence-electron chi connectivity index (χ3n) is 4.86. The largest absolute Gasteiger partial charge is 0.397 e. The van der Waals surface area contributed by atoms with Gasteiger partial charge in [0.25, 0.3) is 0 Å². The molecule has 1 fully saturated rings. The zero-order chi connectivity index (χ0) is 17.6. The van der Waals surface area contributed by atoms with Crippen LogP contribution in [0.3, 0.4) is 0 Å². The molecule has 1 unspecified atom stereocenters. The van der Waals surface area contributed by atoms with Crippen molar-refractivity contribution in [1.29, 1.82) is 0 Å². The molecule has 0 bridgehead atoms. The van der Waals surface area contributed by atoms with Crippen LogP contribution in [0.5, 0.6) is 0 Å². The van der Waals surface area contributed by atoms with E-state index in [1.807, 2.05) is 11.0 Å². The van der Waals surface area contributed by atoms with Gasteiger partial charge in [-0.05, 0) is 24.1 Å². The summed E-state index contributed by atoms with van der Waals surface area (Å²) in [5.41, 5.74) is 8.40. The van der Waals surface area contributed by atoms with Crippen LogP contribution in [0.15, 0.2) is 48.7 Å². The third-order valence-corrected chi connectivity index (χ3v) is 4.86. The number of nitrogen functional groups attached to an aromatic ring is 1. The van der Waals surface area contributed by atoms with Crippen LogP contribution in [-0.2, 0) is 11.2 Å². The number of hydrogen-bond donors (Lipinski definition) is 1. The van der Waals surface area contributed by atoms with Crippen LogP contribution in [0, 0.1) is 0 Å². The molecule has 2 N–H and O–H groups in total. The lowest BCUT2D eigenvalue weighted by molar-refractivity contribution is -0.132. The molecule has 2 aromatic rings. The van der Waals surface area contributed by atoms with Crippen LogP contribution in [0.25, 0.3) is 0 Å². The van der Waals surface area contributed by atoms with Gasteiger partial charge in [0.2, 0.25) is 5.91 Å². The molecular formula is C20H26N4O. The van der Waals surface area contributed by atoms with Crippen LogP contribution >= 0.6 is 0 Å². The molecule has 0 radical (unpaired) electrons. The molecule has 5 nitrogen and oxygen atoms in total. The molecule has 1 aliphatic rings. The molecule has 132 valence electrons. The summed E-state index contributed by atoms with van der Waals surface area (Å²) >= 11 is 0. The molecule has 1 amide bonds. The fraction of sp³-hybridized carbons (Fsp3) is 0.400. The summed E-state index contributed by atoms with van der Waals surface area (Å²) in [4.78, 5) is 21.2. The first-order valence-corrected chi connectivity index (χ1v) is 8.94. The number of piperazine rings is 1. The zero-order valence-electron chi connectivity index (χ0n) is 14.8. The summed E-state index contributed by atoms with van der Waals surface area (Å²) in [6.07, 6.45) is 3.02. The van der Waals surface area contributed by atoms with E-state index in [9.17, 15) is 4.79 Å². The van der Waals surface area contributed by atoms with Crippen LogP contribution in [0.2, 0.25) is 0 Å². The van der Waals surface area contributed by atoms with E-state index in [-0.39, 0.29) is 5.91 Å². The minimum absolute atomic E-state index is 0.143. The Labute approximate surface area is 149 Å². The maximum Gasteiger partial charge on any atom is 0.228 e. The van der Waals surface area contributed by atoms with Crippen LogP contribution < -0.4 is 5.73 Å². The maximum atomic E-state index is 12.5. The fourth-order valence-electron chi connectivity index (χ4n) is 3.47. The number of nitrogens with zero attached hydrogens (tertiary/aromatic N) is 3. The highest BCUT2D eigenvalue weighted by atomic mass is 16.2. The van der Waals surface area contributed by atoms with Gasteiger partial charge in [0.15, 0.2) is 0 Å². The minimum atomic E-state index is 0.143. The molecule has 25 heavy (non-hydrogen) atoms. The van der Waals surface area contributed by atoms with E-state index in [1.165, 1.54) is 5.56 Å². The summed E-state index contributed by atoms with van der Waals surface area (Å²) in [7, 11) is 0. The minimum Gasteiger partial charge on any atom is -0.397 e. The van der Waals surface area contributed by atoms with Crippen LogP contribution in [0.4, 0.5) is 5.69 Å². The number of nitrogens with two attached hydrogens (primary N) is 1. The second-order valence-electron chi connectivity index (χ2n) is 6.51. The molecule has 3 rings (SSSR count). The van der Waals surface area contributed by atoms with Gasteiger partial charge in [-0.2, -0.15) is 0 Å². The molecule has 1 aromatic heterocycles. The molecule has 0 spiro atoms. The Bertz CT molecular complexity index is 679. The number of hydrogen-bond acceptors (Lipinski definition) is 4. The Morgan fingerprint density at radius 2 is 1.84 bits per heavy atom. The van der Waals surface area contributed by atoms with Crippen LogP contribution in [0.1, 0.15) is 30.6 Å². The van der Waals surface area contributed by atoms with Gasteiger partial charge < -0.3 is 10.6 Å². The summed E-state index contributed by atoms with van der Waals surface area (Å²) in [5, 5.41) is 0. The van der Waals surface area contributed by atoms with Crippen molar-refractivity contribution in [2.45, 2.75) is 25.8 Å². The number of anilines is 1. The molecule has 5 heteroatoms. The number of carbonyl (C=O) groups is 1. The summed E-state index contributed by atoms with van der Waals surface area (Å²) in [6.45, 7) is 5.60. The average Bonchev–Trinajstić information content (AvgIpc) is 2.66. The van der Waals surface area contributed by atoms with Gasteiger partial charge in [-0.25, -0.2) is 0 Å². The van der Waals surface area contributed by atoms with Gasteiger partial charge in [-0.3, -0.25) is 14.7 Å². The number of pyridine rings is 1. The monoisotopic (exact) mass is 338 g/mol. The molecular weight excluding hydrogens is 312 g/mol. The topological polar surface area (TPSA) is 62.5 Å². The number of aromatic nitrogens is 1. The number of benzene rings is 1. The Hall–Kier alpha value is -2.40. The Morgan fingerprint density at radius 3 is 2.44 bits per heavy atom. The van der Waals surface area contributed by atoms with E-state index in [1.54, 1.807) is 12.3 Å². The summed E-state index contributed by atoms with van der Waals surface area (Å²) < 4.78 is 0. The highest BCUT2D eigenvalue weighted by molar-refractivity contribution is 5.78. The van der Waals surface area contributed by atoms with Crippen LogP contribution in [-0.4, -0.2) is 46.9 Å². The van der Waals surface area contributed by atoms with E-state index in [2.05, 4.69) is 47.1 Å². The highest BCUT2D eigenvalue weighted by Crippen LogP contribution is 2.25. The van der Waals surface area contributed by atoms with E-state index in [0.717, 1.165) is 38.3 Å². The van der Waals surface area contributed by atoms with E-state index in [4.69, 9.17) is 5.73 Å². The van der Waals surface area contributed by atoms with Crippen molar-refractivity contribution in [3.8, 4) is 0 Å². The van der Waals surface area contributed by atoms with Crippen molar-refractivity contribution in [3.05, 3.63) is 59.9 Å². The van der Waals surface area contributed by atoms with Crippen molar-refractivity contribution < 1.29 is 4.79 Å². The second-order valence-corrected chi connectivity index (χ2v) is 6.51. The second kappa shape index (κ2) is 8.12. The first-order valence-electron chi connectivity index (χ1n) is 8.94. The van der Waals surface area contributed by atoms with E-state index >= 15 is 0 Å². The lowest BCUT2D eigenvalue weighted by atomic mass is 10.0. The van der Waals surface area contributed by atoms with Crippen molar-refractivity contribution in [3.63, 3.8) is 0 Å². The van der Waals surface area contributed by atoms with Crippen molar-refractivity contribution in [2.24, 2.45) is 0 Å². The smallest absolute Gasteiger partial charge is 0.228 e. The Kier molecular flexibility index (Phi) is 5.66. The first kappa shape index (κ1) is 17.4. The number of amides is 1. The predicted molar refractivity (Wildman–Crippen MR) is 100.0 cm³/mol. The fourth-order valence-corrected chi connectivity index (χ4v) is 3.47. The zero-order valence-corrected chi connectivity index (χ0v) is 14.8. The highest BCUT2D eigenvalue weighted by Gasteiger charge is 2.26. The van der Waals surface area contributed by atoms with Crippen molar-refractivity contribution >= 4 is 11.6 Å². The Morgan fingerprint density at radius 1 is 1.12 bits per heavy atom. The summed E-state index contributed by atoms with van der Waals surface area (Å²) in [5.74, 6) is 0.143. The van der Waals surface area contributed by atoms with Gasteiger partial charge >= 0.3 is 0 Å².